The Hall–Kier alpha value is -5.58. The molecule has 0 aliphatic rings. The van der Waals surface area contributed by atoms with Crippen LogP contribution in [-0.4, -0.2) is 54.1 Å². The van der Waals surface area contributed by atoms with E-state index in [0.717, 1.165) is 5.56 Å². The smallest absolute Gasteiger partial charge is 0.254 e. The number of carbonyl (C=O) groups is 2. The van der Waals surface area contributed by atoms with Crippen molar-refractivity contribution in [1.29, 1.82) is 0 Å². The van der Waals surface area contributed by atoms with Gasteiger partial charge in [0.1, 0.15) is 23.9 Å². The third-order valence-electron chi connectivity index (χ3n) is 6.63. The lowest BCUT2D eigenvalue weighted by atomic mass is 10.1. The number of imidazole rings is 1. The van der Waals surface area contributed by atoms with Gasteiger partial charge in [-0.25, -0.2) is 9.37 Å². The SMILES string of the molecule is COc1ccc(-c2cn(-c3ccc(OC)c(OC)c3)c(NC(=O)CN(Cc3ccco3)C(=O)c3ccc(F)cc3)n2)cc1. The van der Waals surface area contributed by atoms with Crippen LogP contribution in [0, 0.1) is 5.82 Å². The van der Waals surface area contributed by atoms with Gasteiger partial charge in [0.05, 0.1) is 45.5 Å². The van der Waals surface area contributed by atoms with E-state index in [1.807, 2.05) is 24.3 Å². The summed E-state index contributed by atoms with van der Waals surface area (Å²) in [5, 5.41) is 2.85. The van der Waals surface area contributed by atoms with E-state index in [-0.39, 0.29) is 24.6 Å². The number of ether oxygens (including phenoxy) is 3. The molecule has 3 aromatic carbocycles. The van der Waals surface area contributed by atoms with E-state index < -0.39 is 17.6 Å². The van der Waals surface area contributed by atoms with Gasteiger partial charge in [0, 0.05) is 23.4 Å². The number of benzene rings is 3. The minimum absolute atomic E-state index is 0.0256. The number of halogens is 1. The number of rotatable bonds is 11. The predicted molar refractivity (Wildman–Crippen MR) is 157 cm³/mol. The fourth-order valence-corrected chi connectivity index (χ4v) is 4.44. The standard InChI is InChI=1S/C32H29FN4O6/c1-40-25-13-8-21(9-14-25)27-19-37(24-12-15-28(41-2)29(17-24)42-3)32(34-27)35-30(38)20-36(18-26-5-4-16-43-26)31(39)22-6-10-23(33)11-7-22/h4-17,19H,18,20H2,1-3H3,(H,34,35,38). The average molecular weight is 585 g/mol. The molecule has 0 radical (unpaired) electrons. The van der Waals surface area contributed by atoms with Crippen LogP contribution in [0.1, 0.15) is 16.1 Å². The van der Waals surface area contributed by atoms with Gasteiger partial charge in [-0.3, -0.25) is 19.5 Å². The zero-order valence-electron chi connectivity index (χ0n) is 23.7. The Balaban J connectivity index is 1.47. The van der Waals surface area contributed by atoms with Crippen LogP contribution in [0.5, 0.6) is 17.2 Å². The molecule has 2 aromatic heterocycles. The first-order chi connectivity index (χ1) is 20.9. The van der Waals surface area contributed by atoms with Crippen molar-refractivity contribution in [2.24, 2.45) is 0 Å². The number of methoxy groups -OCH3 is 3. The molecular formula is C32H29FN4O6. The molecule has 0 spiro atoms. The van der Waals surface area contributed by atoms with Crippen LogP contribution in [0.3, 0.4) is 0 Å². The molecule has 2 heterocycles. The highest BCUT2D eigenvalue weighted by Crippen LogP contribution is 2.32. The van der Waals surface area contributed by atoms with E-state index >= 15 is 0 Å². The summed E-state index contributed by atoms with van der Waals surface area (Å²) in [5.41, 5.74) is 2.26. The van der Waals surface area contributed by atoms with Crippen LogP contribution in [0.4, 0.5) is 10.3 Å². The number of hydrogen-bond acceptors (Lipinski definition) is 7. The lowest BCUT2D eigenvalue weighted by Gasteiger charge is -2.21. The maximum Gasteiger partial charge on any atom is 0.254 e. The molecule has 0 fully saturated rings. The van der Waals surface area contributed by atoms with E-state index in [1.165, 1.54) is 42.5 Å². The van der Waals surface area contributed by atoms with E-state index in [0.29, 0.717) is 34.4 Å². The predicted octanol–water partition coefficient (Wildman–Crippen LogP) is 5.58. The van der Waals surface area contributed by atoms with Gasteiger partial charge in [-0.1, -0.05) is 0 Å². The Morgan fingerprint density at radius 2 is 1.67 bits per heavy atom. The highest BCUT2D eigenvalue weighted by molar-refractivity contribution is 5.99. The summed E-state index contributed by atoms with van der Waals surface area (Å²) in [6.07, 6.45) is 3.26. The molecule has 5 aromatic rings. The van der Waals surface area contributed by atoms with Crippen LogP contribution in [0.25, 0.3) is 16.9 Å². The molecule has 0 aliphatic heterocycles. The summed E-state index contributed by atoms with van der Waals surface area (Å²) in [6.45, 7) is -0.300. The van der Waals surface area contributed by atoms with Gasteiger partial charge in [0.25, 0.3) is 5.91 Å². The molecule has 0 unspecified atom stereocenters. The Morgan fingerprint density at radius 3 is 2.33 bits per heavy atom. The van der Waals surface area contributed by atoms with Crippen molar-refractivity contribution in [2.75, 3.05) is 33.2 Å². The molecule has 43 heavy (non-hydrogen) atoms. The maximum atomic E-state index is 13.5. The molecule has 0 saturated carbocycles. The molecule has 1 N–H and O–H groups in total. The number of nitrogens with zero attached hydrogens (tertiary/aromatic N) is 3. The van der Waals surface area contributed by atoms with E-state index in [1.54, 1.807) is 55.3 Å². The molecule has 5 rings (SSSR count). The highest BCUT2D eigenvalue weighted by atomic mass is 19.1. The van der Waals surface area contributed by atoms with Gasteiger partial charge in [0.2, 0.25) is 11.9 Å². The second-order valence-electron chi connectivity index (χ2n) is 9.38. The van der Waals surface area contributed by atoms with Gasteiger partial charge >= 0.3 is 0 Å². The van der Waals surface area contributed by atoms with Crippen molar-refractivity contribution >= 4 is 17.8 Å². The fourth-order valence-electron chi connectivity index (χ4n) is 4.44. The summed E-state index contributed by atoms with van der Waals surface area (Å²) in [5.74, 6) is 0.990. The van der Waals surface area contributed by atoms with Crippen molar-refractivity contribution in [3.63, 3.8) is 0 Å². The third-order valence-corrected chi connectivity index (χ3v) is 6.63. The van der Waals surface area contributed by atoms with Crippen LogP contribution < -0.4 is 19.5 Å². The van der Waals surface area contributed by atoms with Crippen LogP contribution in [-0.2, 0) is 11.3 Å². The molecule has 11 heteroatoms. The first-order valence-electron chi connectivity index (χ1n) is 13.2. The maximum absolute atomic E-state index is 13.5. The molecule has 220 valence electrons. The van der Waals surface area contributed by atoms with E-state index in [4.69, 9.17) is 23.6 Å². The van der Waals surface area contributed by atoms with Crippen molar-refractivity contribution in [1.82, 2.24) is 14.5 Å². The van der Waals surface area contributed by atoms with E-state index in [9.17, 15) is 14.0 Å². The van der Waals surface area contributed by atoms with Gasteiger partial charge in [-0.15, -0.1) is 0 Å². The zero-order valence-corrected chi connectivity index (χ0v) is 23.7. The highest BCUT2D eigenvalue weighted by Gasteiger charge is 2.23. The lowest BCUT2D eigenvalue weighted by Crippen LogP contribution is -2.37. The second-order valence-corrected chi connectivity index (χ2v) is 9.38. The van der Waals surface area contributed by atoms with E-state index in [2.05, 4.69) is 5.32 Å². The minimum atomic E-state index is -0.504. The normalized spacial score (nSPS) is 10.7. The average Bonchev–Trinajstić information content (AvgIpc) is 3.70. The first-order valence-corrected chi connectivity index (χ1v) is 13.2. The lowest BCUT2D eigenvalue weighted by molar-refractivity contribution is -0.117. The Labute approximate surface area is 247 Å². The summed E-state index contributed by atoms with van der Waals surface area (Å²) >= 11 is 0. The van der Waals surface area contributed by atoms with Gasteiger partial charge in [0.15, 0.2) is 11.5 Å². The Bertz CT molecular complexity index is 1700. The molecular weight excluding hydrogens is 555 g/mol. The number of hydrogen-bond donors (Lipinski definition) is 1. The van der Waals surface area contributed by atoms with Crippen molar-refractivity contribution in [2.45, 2.75) is 6.54 Å². The van der Waals surface area contributed by atoms with Crippen LogP contribution in [0.15, 0.2) is 95.7 Å². The quantitative estimate of drug-likeness (QED) is 0.216. The molecule has 0 atom stereocenters. The summed E-state index contributed by atoms with van der Waals surface area (Å²) in [4.78, 5) is 32.8. The zero-order chi connectivity index (χ0) is 30.3. The monoisotopic (exact) mass is 584 g/mol. The second kappa shape index (κ2) is 12.9. The van der Waals surface area contributed by atoms with Crippen molar-refractivity contribution < 1.29 is 32.6 Å². The number of nitrogens with one attached hydrogen (secondary N) is 1. The third kappa shape index (κ3) is 6.67. The van der Waals surface area contributed by atoms with Gasteiger partial charge < -0.3 is 23.5 Å². The van der Waals surface area contributed by atoms with Gasteiger partial charge in [-0.2, -0.15) is 0 Å². The van der Waals surface area contributed by atoms with Crippen molar-refractivity contribution in [3.05, 3.63) is 108 Å². The number of carbonyl (C=O) groups excluding carboxylic acids is 2. The molecule has 0 aliphatic carbocycles. The summed E-state index contributed by atoms with van der Waals surface area (Å²) < 4.78 is 36.8. The topological polar surface area (TPSA) is 108 Å². The van der Waals surface area contributed by atoms with Crippen molar-refractivity contribution in [3.8, 4) is 34.2 Å². The minimum Gasteiger partial charge on any atom is -0.497 e. The first kappa shape index (κ1) is 28.9. The molecule has 10 nitrogen and oxygen atoms in total. The summed E-state index contributed by atoms with van der Waals surface area (Å²) in [7, 11) is 4.67. The van der Waals surface area contributed by atoms with Crippen LogP contribution >= 0.6 is 0 Å². The molecule has 0 saturated heterocycles. The number of aromatic nitrogens is 2. The molecule has 2 amide bonds. The number of furan rings is 1. The largest absolute Gasteiger partial charge is 0.497 e. The fraction of sp³-hybridized carbons (Fsp3) is 0.156. The summed E-state index contributed by atoms with van der Waals surface area (Å²) in [6, 6.07) is 21.2. The van der Waals surface area contributed by atoms with Crippen LogP contribution in [0.2, 0.25) is 0 Å². The van der Waals surface area contributed by atoms with Gasteiger partial charge in [-0.05, 0) is 72.8 Å². The number of amides is 2. The number of anilines is 1. The molecule has 0 bridgehead atoms. The Kier molecular flexibility index (Phi) is 8.71. The Morgan fingerprint density at radius 1 is 0.930 bits per heavy atom.